The van der Waals surface area contributed by atoms with E-state index in [1.807, 2.05) is 6.07 Å². The highest BCUT2D eigenvalue weighted by atomic mass is 19.1. The van der Waals surface area contributed by atoms with E-state index in [1.54, 1.807) is 6.07 Å². The van der Waals surface area contributed by atoms with Gasteiger partial charge in [0, 0.05) is 25.7 Å². The number of rotatable bonds is 8. The molecular formula is C18H25FN2. The Labute approximate surface area is 126 Å². The topological polar surface area (TPSA) is 15.3 Å². The second-order valence-corrected chi connectivity index (χ2v) is 7.19. The van der Waals surface area contributed by atoms with E-state index < -0.39 is 0 Å². The number of benzene rings is 1. The summed E-state index contributed by atoms with van der Waals surface area (Å²) in [6.45, 7) is 2.91. The first-order chi connectivity index (χ1) is 10.3. The molecule has 3 aliphatic rings. The predicted molar refractivity (Wildman–Crippen MR) is 83.9 cm³/mol. The van der Waals surface area contributed by atoms with Crippen LogP contribution in [0.25, 0.3) is 0 Å². The van der Waals surface area contributed by atoms with Gasteiger partial charge < -0.3 is 10.2 Å². The Bertz CT molecular complexity index is 490. The maximum Gasteiger partial charge on any atom is 0.146 e. The quantitative estimate of drug-likeness (QED) is 0.784. The van der Waals surface area contributed by atoms with Gasteiger partial charge in [-0.05, 0) is 62.0 Å². The fourth-order valence-electron chi connectivity index (χ4n) is 3.08. The zero-order chi connectivity index (χ0) is 14.2. The molecule has 0 radical (unpaired) electrons. The van der Waals surface area contributed by atoms with Gasteiger partial charge in [0.05, 0.1) is 5.69 Å². The fourth-order valence-corrected chi connectivity index (χ4v) is 3.08. The van der Waals surface area contributed by atoms with Crippen molar-refractivity contribution >= 4 is 5.69 Å². The van der Waals surface area contributed by atoms with Crippen molar-refractivity contribution in [2.24, 2.45) is 11.8 Å². The van der Waals surface area contributed by atoms with Gasteiger partial charge in [-0.1, -0.05) is 12.1 Å². The summed E-state index contributed by atoms with van der Waals surface area (Å²) in [5.41, 5.74) is 2.02. The van der Waals surface area contributed by atoms with Crippen LogP contribution >= 0.6 is 0 Å². The van der Waals surface area contributed by atoms with Crippen molar-refractivity contribution in [2.45, 2.75) is 51.1 Å². The Kier molecular flexibility index (Phi) is 3.62. The minimum atomic E-state index is -0.0357. The summed E-state index contributed by atoms with van der Waals surface area (Å²) in [5.74, 6) is 1.56. The molecule has 0 aromatic heterocycles. The van der Waals surface area contributed by atoms with Crippen LogP contribution in [0.2, 0.25) is 0 Å². The molecule has 2 nitrogen and oxygen atoms in total. The lowest BCUT2D eigenvalue weighted by molar-refractivity contribution is 0.593. The van der Waals surface area contributed by atoms with Crippen LogP contribution < -0.4 is 10.2 Å². The molecular weight excluding hydrogens is 263 g/mol. The van der Waals surface area contributed by atoms with Gasteiger partial charge in [0.2, 0.25) is 0 Å². The van der Waals surface area contributed by atoms with Crippen LogP contribution in [0.4, 0.5) is 10.1 Å². The van der Waals surface area contributed by atoms with Crippen LogP contribution in [0.3, 0.4) is 0 Å². The Morgan fingerprint density at radius 2 is 1.67 bits per heavy atom. The van der Waals surface area contributed by atoms with Gasteiger partial charge in [-0.15, -0.1) is 0 Å². The molecule has 21 heavy (non-hydrogen) atoms. The molecule has 4 rings (SSSR count). The average Bonchev–Trinajstić information content (AvgIpc) is 3.33. The zero-order valence-electron chi connectivity index (χ0n) is 12.7. The standard InChI is InChI=1S/C18H25FN2/c19-17-3-1-2-15(10-20-16-8-9-16)18(17)21(11-13-4-5-13)12-14-6-7-14/h1-3,13-14,16,20H,4-12H2. The van der Waals surface area contributed by atoms with E-state index >= 15 is 0 Å². The summed E-state index contributed by atoms with van der Waals surface area (Å²) < 4.78 is 14.5. The maximum atomic E-state index is 14.5. The number of halogens is 1. The van der Waals surface area contributed by atoms with Crippen molar-refractivity contribution in [3.05, 3.63) is 29.6 Å². The molecule has 114 valence electrons. The van der Waals surface area contributed by atoms with Crippen molar-refractivity contribution < 1.29 is 4.39 Å². The first kappa shape index (κ1) is 13.6. The largest absolute Gasteiger partial charge is 0.368 e. The number of anilines is 1. The minimum Gasteiger partial charge on any atom is -0.368 e. The first-order valence-corrected chi connectivity index (χ1v) is 8.55. The van der Waals surface area contributed by atoms with Gasteiger partial charge in [-0.3, -0.25) is 0 Å². The lowest BCUT2D eigenvalue weighted by Gasteiger charge is -2.28. The molecule has 0 atom stereocenters. The molecule has 3 aliphatic carbocycles. The van der Waals surface area contributed by atoms with Crippen LogP contribution in [-0.4, -0.2) is 19.1 Å². The lowest BCUT2D eigenvalue weighted by atomic mass is 10.1. The number of hydrogen-bond acceptors (Lipinski definition) is 2. The third kappa shape index (κ3) is 3.57. The number of hydrogen-bond donors (Lipinski definition) is 1. The molecule has 1 aromatic rings. The number of nitrogens with one attached hydrogen (secondary N) is 1. The highest BCUT2D eigenvalue weighted by molar-refractivity contribution is 5.55. The highest BCUT2D eigenvalue weighted by Crippen LogP contribution is 2.37. The lowest BCUT2D eigenvalue weighted by Crippen LogP contribution is -2.31. The summed E-state index contributed by atoms with van der Waals surface area (Å²) in [4.78, 5) is 2.36. The Morgan fingerprint density at radius 1 is 1.00 bits per heavy atom. The number of nitrogens with zero attached hydrogens (tertiary/aromatic N) is 1. The van der Waals surface area contributed by atoms with Crippen molar-refractivity contribution in [3.63, 3.8) is 0 Å². The predicted octanol–water partition coefficient (Wildman–Crippen LogP) is 3.70. The van der Waals surface area contributed by atoms with Gasteiger partial charge in [0.25, 0.3) is 0 Å². The fraction of sp³-hybridized carbons (Fsp3) is 0.667. The summed E-state index contributed by atoms with van der Waals surface area (Å²) in [6, 6.07) is 6.25. The van der Waals surface area contributed by atoms with Crippen LogP contribution in [0, 0.1) is 17.7 Å². The summed E-state index contributed by atoms with van der Waals surface area (Å²) in [5, 5.41) is 3.54. The van der Waals surface area contributed by atoms with Crippen molar-refractivity contribution in [1.29, 1.82) is 0 Å². The molecule has 0 aliphatic heterocycles. The minimum absolute atomic E-state index is 0.0357. The molecule has 3 heteroatoms. The average molecular weight is 288 g/mol. The maximum absolute atomic E-state index is 14.5. The second-order valence-electron chi connectivity index (χ2n) is 7.19. The molecule has 3 saturated carbocycles. The van der Waals surface area contributed by atoms with Crippen molar-refractivity contribution in [3.8, 4) is 0 Å². The van der Waals surface area contributed by atoms with Crippen LogP contribution in [0.5, 0.6) is 0 Å². The second kappa shape index (κ2) is 5.60. The molecule has 1 N–H and O–H groups in total. The molecule has 0 spiro atoms. The molecule has 0 amide bonds. The van der Waals surface area contributed by atoms with E-state index in [0.717, 1.165) is 42.7 Å². The van der Waals surface area contributed by atoms with Crippen LogP contribution in [0.1, 0.15) is 44.1 Å². The number of para-hydroxylation sites is 1. The molecule has 0 unspecified atom stereocenters. The van der Waals surface area contributed by atoms with Gasteiger partial charge in [0.15, 0.2) is 0 Å². The molecule has 0 saturated heterocycles. The molecule has 1 aromatic carbocycles. The zero-order valence-corrected chi connectivity index (χ0v) is 12.7. The van der Waals surface area contributed by atoms with E-state index in [2.05, 4.69) is 16.3 Å². The van der Waals surface area contributed by atoms with Crippen molar-refractivity contribution in [2.75, 3.05) is 18.0 Å². The Hall–Kier alpha value is -1.09. The van der Waals surface area contributed by atoms with Crippen LogP contribution in [0.15, 0.2) is 18.2 Å². The summed E-state index contributed by atoms with van der Waals surface area (Å²) in [6.07, 6.45) is 7.85. The van der Waals surface area contributed by atoms with E-state index in [1.165, 1.54) is 38.5 Å². The van der Waals surface area contributed by atoms with Gasteiger partial charge in [-0.2, -0.15) is 0 Å². The van der Waals surface area contributed by atoms with E-state index in [9.17, 15) is 4.39 Å². The van der Waals surface area contributed by atoms with Crippen LogP contribution in [-0.2, 0) is 6.54 Å². The van der Waals surface area contributed by atoms with E-state index in [0.29, 0.717) is 6.04 Å². The monoisotopic (exact) mass is 288 g/mol. The SMILES string of the molecule is Fc1cccc(CNC2CC2)c1N(CC1CC1)CC1CC1. The third-order valence-electron chi connectivity index (χ3n) is 4.90. The normalized spacial score (nSPS) is 21.6. The summed E-state index contributed by atoms with van der Waals surface area (Å²) >= 11 is 0. The molecule has 3 fully saturated rings. The first-order valence-electron chi connectivity index (χ1n) is 8.55. The van der Waals surface area contributed by atoms with Crippen molar-refractivity contribution in [1.82, 2.24) is 5.32 Å². The molecule has 0 bridgehead atoms. The smallest absolute Gasteiger partial charge is 0.146 e. The van der Waals surface area contributed by atoms with Gasteiger partial charge in [0.1, 0.15) is 5.82 Å². The Balaban J connectivity index is 1.55. The third-order valence-corrected chi connectivity index (χ3v) is 4.90. The summed E-state index contributed by atoms with van der Waals surface area (Å²) in [7, 11) is 0. The van der Waals surface area contributed by atoms with Gasteiger partial charge in [-0.25, -0.2) is 4.39 Å². The highest BCUT2D eigenvalue weighted by Gasteiger charge is 2.31. The van der Waals surface area contributed by atoms with E-state index in [-0.39, 0.29) is 5.82 Å². The molecule has 0 heterocycles. The van der Waals surface area contributed by atoms with Gasteiger partial charge >= 0.3 is 0 Å². The van der Waals surface area contributed by atoms with E-state index in [4.69, 9.17) is 0 Å². The Morgan fingerprint density at radius 3 is 2.24 bits per heavy atom.